The maximum absolute atomic E-state index is 5.26. The summed E-state index contributed by atoms with van der Waals surface area (Å²) in [5.74, 6) is 1.86. The van der Waals surface area contributed by atoms with Gasteiger partial charge in [0.25, 0.3) is 0 Å². The molecule has 6 aromatic carbocycles. The van der Waals surface area contributed by atoms with Crippen LogP contribution in [-0.4, -0.2) is 21.6 Å². The van der Waals surface area contributed by atoms with Gasteiger partial charge in [0.05, 0.1) is 11.0 Å². The molecule has 10 rings (SSSR count). The van der Waals surface area contributed by atoms with E-state index in [4.69, 9.17) is 9.98 Å². The fraction of sp³-hybridized carbons (Fsp3) is 0.0667. The summed E-state index contributed by atoms with van der Waals surface area (Å²) in [5, 5.41) is 6.41. The Bertz CT molecular complexity index is 2560. The molecule has 1 aliphatic carbocycles. The minimum atomic E-state index is -0.374. The Morgan fingerprint density at radius 3 is 2.20 bits per heavy atom. The molecule has 1 aromatic heterocycles. The van der Waals surface area contributed by atoms with Crippen LogP contribution in [0.1, 0.15) is 34.3 Å². The third kappa shape index (κ3) is 4.85. The van der Waals surface area contributed by atoms with Gasteiger partial charge in [0.15, 0.2) is 6.17 Å². The first kappa shape index (κ1) is 29.0. The Kier molecular flexibility index (Phi) is 6.91. The van der Waals surface area contributed by atoms with Crippen molar-refractivity contribution in [3.05, 3.63) is 192 Å². The smallest absolute Gasteiger partial charge is 0.211 e. The van der Waals surface area contributed by atoms with E-state index >= 15 is 0 Å². The summed E-state index contributed by atoms with van der Waals surface area (Å²) < 4.78 is 2.28. The average molecular weight is 661 g/mol. The first-order valence-corrected chi connectivity index (χ1v) is 18.0. The number of nitrogens with one attached hydrogen (secondary N) is 1. The quantitative estimate of drug-likeness (QED) is 0.204. The second-order valence-electron chi connectivity index (χ2n) is 13.0. The van der Waals surface area contributed by atoms with Gasteiger partial charge in [-0.25, -0.2) is 9.98 Å². The number of thioether (sulfide) groups is 1. The second-order valence-corrected chi connectivity index (χ2v) is 14.2. The van der Waals surface area contributed by atoms with Crippen molar-refractivity contribution in [1.29, 1.82) is 0 Å². The molecule has 3 heterocycles. The minimum absolute atomic E-state index is 0.300. The van der Waals surface area contributed by atoms with E-state index in [9.17, 15) is 0 Å². The number of hydrogen-bond donors (Lipinski definition) is 1. The van der Waals surface area contributed by atoms with E-state index in [0.29, 0.717) is 11.2 Å². The molecule has 7 aromatic rings. The van der Waals surface area contributed by atoms with Crippen molar-refractivity contribution < 1.29 is 0 Å². The number of aromatic nitrogens is 1. The third-order valence-corrected chi connectivity index (χ3v) is 11.5. The number of para-hydroxylation sites is 1. The van der Waals surface area contributed by atoms with Crippen LogP contribution in [-0.2, 0) is 0 Å². The van der Waals surface area contributed by atoms with Gasteiger partial charge in [0.2, 0.25) is 5.96 Å². The molecule has 0 saturated heterocycles. The molecule has 4 nitrogen and oxygen atoms in total. The highest BCUT2D eigenvalue weighted by Gasteiger charge is 2.35. The summed E-state index contributed by atoms with van der Waals surface area (Å²) in [6, 6.07) is 54.1. The molecule has 3 aliphatic rings. The highest BCUT2D eigenvalue weighted by atomic mass is 32.2. The van der Waals surface area contributed by atoms with E-state index in [2.05, 4.69) is 156 Å². The largest absolute Gasteiger partial charge is 0.310 e. The van der Waals surface area contributed by atoms with Crippen molar-refractivity contribution >= 4 is 50.9 Å². The third-order valence-electron chi connectivity index (χ3n) is 10.0. The van der Waals surface area contributed by atoms with Crippen molar-refractivity contribution in [3.63, 3.8) is 0 Å². The van der Waals surface area contributed by atoms with Gasteiger partial charge < -0.3 is 5.32 Å². The molecule has 1 N–H and O–H groups in total. The number of nitrogens with zero attached hydrogens (tertiary/aromatic N) is 3. The van der Waals surface area contributed by atoms with Gasteiger partial charge >= 0.3 is 0 Å². The standard InChI is InChI=1S/C45H32N4S/c1-3-13-29(14-4-1)43-46-44(30-15-5-2-6-16-30)48-45(47-43)49-39-23-9-7-19-35(39)36-26-25-32(28-40(36)49)31-17-11-18-33(27-31)34-21-12-22-38-37-20-8-10-24-41(37)50-42(34)38/h1-28,34,42-43H,(H,46,47,48). The lowest BCUT2D eigenvalue weighted by Crippen LogP contribution is -2.39. The molecule has 0 radical (unpaired) electrons. The summed E-state index contributed by atoms with van der Waals surface area (Å²) in [6.07, 6.45) is 6.54. The number of aliphatic imine (C=N–C) groups is 2. The van der Waals surface area contributed by atoms with Crippen LogP contribution in [0.2, 0.25) is 0 Å². The highest BCUT2D eigenvalue weighted by molar-refractivity contribution is 8.01. The van der Waals surface area contributed by atoms with Crippen LogP contribution in [0, 0.1) is 0 Å². The van der Waals surface area contributed by atoms with Gasteiger partial charge in [-0.15, -0.1) is 11.8 Å². The lowest BCUT2D eigenvalue weighted by molar-refractivity contribution is 0.745. The highest BCUT2D eigenvalue weighted by Crippen LogP contribution is 2.52. The minimum Gasteiger partial charge on any atom is -0.310 e. The van der Waals surface area contributed by atoms with Crippen molar-refractivity contribution in [3.8, 4) is 11.1 Å². The maximum atomic E-state index is 5.26. The van der Waals surface area contributed by atoms with Crippen LogP contribution in [0.3, 0.4) is 0 Å². The molecule has 238 valence electrons. The van der Waals surface area contributed by atoms with Crippen LogP contribution < -0.4 is 5.32 Å². The molecule has 3 atom stereocenters. The number of fused-ring (bicyclic) bond motifs is 6. The number of hydrogen-bond acceptors (Lipinski definition) is 4. The monoisotopic (exact) mass is 660 g/mol. The zero-order valence-electron chi connectivity index (χ0n) is 27.1. The molecule has 5 heteroatoms. The fourth-order valence-corrected chi connectivity index (χ4v) is 9.12. The number of rotatable bonds is 4. The van der Waals surface area contributed by atoms with E-state index in [1.54, 1.807) is 0 Å². The number of benzene rings is 6. The topological polar surface area (TPSA) is 41.7 Å². The molecular formula is C45H32N4S. The van der Waals surface area contributed by atoms with Crippen molar-refractivity contribution in [2.75, 3.05) is 0 Å². The van der Waals surface area contributed by atoms with E-state index in [0.717, 1.165) is 34.0 Å². The van der Waals surface area contributed by atoms with Crippen LogP contribution in [0.15, 0.2) is 185 Å². The molecule has 0 amide bonds. The zero-order chi connectivity index (χ0) is 33.0. The van der Waals surface area contributed by atoms with Gasteiger partial charge in [0, 0.05) is 32.4 Å². The summed E-state index contributed by atoms with van der Waals surface area (Å²) in [5.41, 5.74) is 10.8. The Balaban J connectivity index is 1.09. The molecule has 2 aliphatic heterocycles. The molecule has 50 heavy (non-hydrogen) atoms. The fourth-order valence-electron chi connectivity index (χ4n) is 7.65. The van der Waals surface area contributed by atoms with E-state index in [-0.39, 0.29) is 6.17 Å². The molecule has 0 saturated carbocycles. The maximum Gasteiger partial charge on any atom is 0.211 e. The Morgan fingerprint density at radius 1 is 0.580 bits per heavy atom. The van der Waals surface area contributed by atoms with Crippen LogP contribution in [0.4, 0.5) is 0 Å². The van der Waals surface area contributed by atoms with E-state index in [1.807, 2.05) is 36.0 Å². The van der Waals surface area contributed by atoms with Crippen molar-refractivity contribution in [2.24, 2.45) is 9.98 Å². The van der Waals surface area contributed by atoms with Gasteiger partial charge in [-0.1, -0.05) is 152 Å². The first-order valence-electron chi connectivity index (χ1n) is 17.1. The SMILES string of the molecule is C1=CC(c2cccc(-c3ccc4c5ccccc5n(C5=NC(c6ccccc6)N=C(c6ccccc6)N5)c4c3)c2)C2Sc3ccccc3C2=C1. The molecular weight excluding hydrogens is 629 g/mol. The normalized spacial score (nSPS) is 19.4. The lowest BCUT2D eigenvalue weighted by atomic mass is 9.84. The Morgan fingerprint density at radius 2 is 1.30 bits per heavy atom. The first-order chi connectivity index (χ1) is 24.8. The Labute approximate surface area is 295 Å². The molecule has 0 bridgehead atoms. The predicted molar refractivity (Wildman–Crippen MR) is 209 cm³/mol. The molecule has 0 fully saturated rings. The van der Waals surface area contributed by atoms with E-state index in [1.165, 1.54) is 43.5 Å². The van der Waals surface area contributed by atoms with Gasteiger partial charge in [-0.2, -0.15) is 0 Å². The number of allylic oxidation sites excluding steroid dienone is 3. The summed E-state index contributed by atoms with van der Waals surface area (Å²) >= 11 is 1.99. The lowest BCUT2D eigenvalue weighted by Gasteiger charge is -2.25. The summed E-state index contributed by atoms with van der Waals surface area (Å²) in [6.45, 7) is 0. The van der Waals surface area contributed by atoms with Gasteiger partial charge in [0.1, 0.15) is 5.84 Å². The van der Waals surface area contributed by atoms with Crippen LogP contribution in [0.25, 0.3) is 38.5 Å². The number of amidine groups is 1. The zero-order valence-corrected chi connectivity index (χ0v) is 28.0. The van der Waals surface area contributed by atoms with Crippen LogP contribution in [0.5, 0.6) is 0 Å². The summed E-state index contributed by atoms with van der Waals surface area (Å²) in [4.78, 5) is 11.7. The molecule has 3 unspecified atom stereocenters. The van der Waals surface area contributed by atoms with Gasteiger partial charge in [-0.3, -0.25) is 4.57 Å². The summed E-state index contributed by atoms with van der Waals surface area (Å²) in [7, 11) is 0. The van der Waals surface area contributed by atoms with Crippen molar-refractivity contribution in [1.82, 2.24) is 9.88 Å². The average Bonchev–Trinajstić information content (AvgIpc) is 3.74. The predicted octanol–water partition coefficient (Wildman–Crippen LogP) is 10.6. The van der Waals surface area contributed by atoms with Gasteiger partial charge in [-0.05, 0) is 51.6 Å². The van der Waals surface area contributed by atoms with E-state index < -0.39 is 0 Å². The molecule has 0 spiro atoms. The van der Waals surface area contributed by atoms with Crippen LogP contribution >= 0.6 is 11.8 Å². The Hall–Kier alpha value is -5.91. The second kappa shape index (κ2) is 11.9. The van der Waals surface area contributed by atoms with Crippen molar-refractivity contribution in [2.45, 2.75) is 22.2 Å².